The first kappa shape index (κ1) is 18.4. The third-order valence-electron chi connectivity index (χ3n) is 3.69. The van der Waals surface area contributed by atoms with Crippen molar-refractivity contribution in [3.63, 3.8) is 0 Å². The number of aryl methyl sites for hydroxylation is 1. The molecule has 7 nitrogen and oxygen atoms in total. The number of carbonyl (C=O) groups excluding carboxylic acids is 2. The van der Waals surface area contributed by atoms with E-state index in [2.05, 4.69) is 20.0 Å². The number of nitrogens with one attached hydrogen (secondary N) is 1. The Hall–Kier alpha value is -2.96. The maximum atomic E-state index is 12.5. The summed E-state index contributed by atoms with van der Waals surface area (Å²) in [5.74, 6) is 0.511. The average molecular weight is 342 g/mol. The number of aromatic nitrogens is 2. The molecule has 0 saturated carbocycles. The van der Waals surface area contributed by atoms with Crippen molar-refractivity contribution in [3.8, 4) is 0 Å². The third kappa shape index (κ3) is 4.53. The summed E-state index contributed by atoms with van der Waals surface area (Å²) in [6, 6.07) is 8.43. The van der Waals surface area contributed by atoms with Crippen LogP contribution in [0.5, 0.6) is 0 Å². The molecule has 1 aromatic carbocycles. The van der Waals surface area contributed by atoms with Crippen LogP contribution in [0.3, 0.4) is 0 Å². The van der Waals surface area contributed by atoms with Crippen LogP contribution in [0.25, 0.3) is 0 Å². The number of nitrogens with zero attached hydrogens (tertiary/aromatic N) is 3. The first-order valence-electron chi connectivity index (χ1n) is 8.08. The van der Waals surface area contributed by atoms with Gasteiger partial charge in [0.15, 0.2) is 0 Å². The van der Waals surface area contributed by atoms with Gasteiger partial charge in [0, 0.05) is 24.8 Å². The largest absolute Gasteiger partial charge is 0.465 e. The number of benzene rings is 1. The van der Waals surface area contributed by atoms with Crippen LogP contribution in [0.15, 0.2) is 30.3 Å². The first-order chi connectivity index (χ1) is 12.0. The zero-order chi connectivity index (χ0) is 18.4. The Bertz CT molecular complexity index is 755. The molecule has 1 aromatic heterocycles. The van der Waals surface area contributed by atoms with Gasteiger partial charge in [-0.3, -0.25) is 4.79 Å². The van der Waals surface area contributed by atoms with Crippen molar-refractivity contribution in [2.75, 3.05) is 25.5 Å². The molecule has 1 amide bonds. The second kappa shape index (κ2) is 8.23. The van der Waals surface area contributed by atoms with Crippen LogP contribution in [0.2, 0.25) is 0 Å². The van der Waals surface area contributed by atoms with E-state index in [-0.39, 0.29) is 5.91 Å². The molecule has 0 radical (unpaired) electrons. The lowest BCUT2D eigenvalue weighted by atomic mass is 10.2. The van der Waals surface area contributed by atoms with E-state index in [0.29, 0.717) is 36.0 Å². The Balaban J connectivity index is 2.22. The van der Waals surface area contributed by atoms with Crippen LogP contribution in [-0.4, -0.2) is 46.9 Å². The third-order valence-corrected chi connectivity index (χ3v) is 3.69. The second-order valence-electron chi connectivity index (χ2n) is 5.36. The lowest BCUT2D eigenvalue weighted by Gasteiger charge is -2.18. The van der Waals surface area contributed by atoms with Gasteiger partial charge in [-0.05, 0) is 45.0 Å². The van der Waals surface area contributed by atoms with Gasteiger partial charge >= 0.3 is 5.97 Å². The van der Waals surface area contributed by atoms with Gasteiger partial charge in [0.25, 0.3) is 5.91 Å². The van der Waals surface area contributed by atoms with Crippen LogP contribution in [0, 0.1) is 6.92 Å². The average Bonchev–Trinajstić information content (AvgIpc) is 2.62. The molecule has 1 N–H and O–H groups in total. The predicted molar refractivity (Wildman–Crippen MR) is 95.1 cm³/mol. The quantitative estimate of drug-likeness (QED) is 0.813. The Morgan fingerprint density at radius 2 is 1.76 bits per heavy atom. The van der Waals surface area contributed by atoms with Gasteiger partial charge in [0.1, 0.15) is 17.3 Å². The number of ether oxygens (including phenoxy) is 1. The number of hydrogen-bond donors (Lipinski definition) is 1. The van der Waals surface area contributed by atoms with Crippen LogP contribution in [0.4, 0.5) is 11.5 Å². The monoisotopic (exact) mass is 342 g/mol. The molecular weight excluding hydrogens is 320 g/mol. The van der Waals surface area contributed by atoms with Crippen LogP contribution < -0.4 is 5.32 Å². The summed E-state index contributed by atoms with van der Waals surface area (Å²) in [5, 5.41) is 3.13. The summed E-state index contributed by atoms with van der Waals surface area (Å²) >= 11 is 0. The molecule has 132 valence electrons. The minimum atomic E-state index is -0.392. The molecule has 25 heavy (non-hydrogen) atoms. The van der Waals surface area contributed by atoms with Gasteiger partial charge in [-0.2, -0.15) is 0 Å². The van der Waals surface area contributed by atoms with Crippen LogP contribution in [0.1, 0.15) is 40.5 Å². The molecule has 2 aromatic rings. The molecule has 7 heteroatoms. The zero-order valence-electron chi connectivity index (χ0n) is 14.9. The Morgan fingerprint density at radius 3 is 2.32 bits per heavy atom. The topological polar surface area (TPSA) is 84.4 Å². The van der Waals surface area contributed by atoms with Crippen molar-refractivity contribution >= 4 is 23.4 Å². The van der Waals surface area contributed by atoms with E-state index in [9.17, 15) is 9.59 Å². The second-order valence-corrected chi connectivity index (χ2v) is 5.36. The highest BCUT2D eigenvalue weighted by Crippen LogP contribution is 2.17. The van der Waals surface area contributed by atoms with E-state index < -0.39 is 5.97 Å². The van der Waals surface area contributed by atoms with Gasteiger partial charge in [0.2, 0.25) is 0 Å². The molecule has 1 heterocycles. The molecule has 0 atom stereocenters. The lowest BCUT2D eigenvalue weighted by Crippen LogP contribution is -2.31. The molecule has 0 spiro atoms. The Labute approximate surface area is 147 Å². The predicted octanol–water partition coefficient (Wildman–Crippen LogP) is 2.80. The maximum absolute atomic E-state index is 12.5. The summed E-state index contributed by atoms with van der Waals surface area (Å²) in [4.78, 5) is 34.2. The number of methoxy groups -OCH3 is 1. The summed E-state index contributed by atoms with van der Waals surface area (Å²) in [5.41, 5.74) is 1.56. The normalized spacial score (nSPS) is 10.2. The highest BCUT2D eigenvalue weighted by Gasteiger charge is 2.16. The highest BCUT2D eigenvalue weighted by molar-refractivity contribution is 5.93. The minimum absolute atomic E-state index is 0.125. The number of esters is 1. The molecule has 0 aliphatic carbocycles. The fourth-order valence-corrected chi connectivity index (χ4v) is 2.37. The first-order valence-corrected chi connectivity index (χ1v) is 8.08. The van der Waals surface area contributed by atoms with Gasteiger partial charge in [-0.15, -0.1) is 0 Å². The molecule has 2 rings (SSSR count). The van der Waals surface area contributed by atoms with Crippen molar-refractivity contribution in [1.82, 2.24) is 14.9 Å². The molecule has 0 bridgehead atoms. The SMILES string of the molecule is CCN(CC)C(=O)c1cc(Nc2ccc(C(=O)OC)cc2)nc(C)n1. The van der Waals surface area contributed by atoms with Crippen molar-refractivity contribution < 1.29 is 14.3 Å². The van der Waals surface area contributed by atoms with E-state index >= 15 is 0 Å². The van der Waals surface area contributed by atoms with Gasteiger partial charge in [-0.1, -0.05) is 0 Å². The van der Waals surface area contributed by atoms with Crippen LogP contribution in [-0.2, 0) is 4.74 Å². The van der Waals surface area contributed by atoms with E-state index in [0.717, 1.165) is 5.69 Å². The number of anilines is 2. The lowest BCUT2D eigenvalue weighted by molar-refractivity contribution is 0.0600. The fourth-order valence-electron chi connectivity index (χ4n) is 2.37. The summed E-state index contributed by atoms with van der Waals surface area (Å²) in [7, 11) is 1.34. The van der Waals surface area contributed by atoms with Gasteiger partial charge in [-0.25, -0.2) is 14.8 Å². The molecule has 0 fully saturated rings. The van der Waals surface area contributed by atoms with E-state index in [1.807, 2.05) is 13.8 Å². The highest BCUT2D eigenvalue weighted by atomic mass is 16.5. The minimum Gasteiger partial charge on any atom is -0.465 e. The van der Waals surface area contributed by atoms with Crippen molar-refractivity contribution in [2.24, 2.45) is 0 Å². The molecule has 0 unspecified atom stereocenters. The number of carbonyl (C=O) groups is 2. The number of hydrogen-bond acceptors (Lipinski definition) is 6. The zero-order valence-corrected chi connectivity index (χ0v) is 14.9. The van der Waals surface area contributed by atoms with E-state index in [1.165, 1.54) is 7.11 Å². The fraction of sp³-hybridized carbons (Fsp3) is 0.333. The standard InChI is InChI=1S/C18H22N4O3/c1-5-22(6-2)17(23)15-11-16(20-12(3)19-15)21-14-9-7-13(8-10-14)18(24)25-4/h7-11H,5-6H2,1-4H3,(H,19,20,21). The number of rotatable bonds is 6. The van der Waals surface area contributed by atoms with Crippen molar-refractivity contribution in [2.45, 2.75) is 20.8 Å². The van der Waals surface area contributed by atoms with Crippen molar-refractivity contribution in [3.05, 3.63) is 47.4 Å². The summed E-state index contributed by atoms with van der Waals surface area (Å²) in [6.07, 6.45) is 0. The summed E-state index contributed by atoms with van der Waals surface area (Å²) < 4.78 is 4.67. The molecule has 0 saturated heterocycles. The molecular formula is C18H22N4O3. The van der Waals surface area contributed by atoms with Gasteiger partial charge < -0.3 is 15.0 Å². The van der Waals surface area contributed by atoms with E-state index in [4.69, 9.17) is 0 Å². The van der Waals surface area contributed by atoms with E-state index in [1.54, 1.807) is 42.2 Å². The van der Waals surface area contributed by atoms with Gasteiger partial charge in [0.05, 0.1) is 12.7 Å². The molecule has 0 aliphatic rings. The number of amides is 1. The van der Waals surface area contributed by atoms with Crippen LogP contribution >= 0.6 is 0 Å². The maximum Gasteiger partial charge on any atom is 0.337 e. The molecule has 0 aliphatic heterocycles. The summed E-state index contributed by atoms with van der Waals surface area (Å²) in [6.45, 7) is 6.84. The smallest absolute Gasteiger partial charge is 0.337 e. The Kier molecular flexibility index (Phi) is 6.05. The Morgan fingerprint density at radius 1 is 1.12 bits per heavy atom. The van der Waals surface area contributed by atoms with Crippen molar-refractivity contribution in [1.29, 1.82) is 0 Å².